The first-order chi connectivity index (χ1) is 10.0. The molecule has 7 heteroatoms. The maximum Gasteiger partial charge on any atom is 0.261 e. The Hall–Kier alpha value is -2.80. The number of aromatic nitrogens is 1. The summed E-state index contributed by atoms with van der Waals surface area (Å²) < 4.78 is 0.727. The average Bonchev–Trinajstić information content (AvgIpc) is 2.82. The van der Waals surface area contributed by atoms with Gasteiger partial charge in [0.2, 0.25) is 0 Å². The summed E-state index contributed by atoms with van der Waals surface area (Å²) in [6.45, 7) is 0. The molecule has 106 valence electrons. The Morgan fingerprint density at radius 3 is 2.57 bits per heavy atom. The number of nitrogens with zero attached hydrogens (tertiary/aromatic N) is 1. The van der Waals surface area contributed by atoms with Crippen LogP contribution in [-0.2, 0) is 0 Å². The number of fused-ring (bicyclic) bond motifs is 1. The zero-order valence-corrected chi connectivity index (χ0v) is 11.4. The molecule has 0 saturated carbocycles. The summed E-state index contributed by atoms with van der Waals surface area (Å²) in [4.78, 5) is 16.3. The van der Waals surface area contributed by atoms with Gasteiger partial charge in [0, 0.05) is 0 Å². The quantitative estimate of drug-likeness (QED) is 0.545. The highest BCUT2D eigenvalue weighted by Gasteiger charge is 2.14. The van der Waals surface area contributed by atoms with Gasteiger partial charge in [0.25, 0.3) is 5.91 Å². The molecule has 4 N–H and O–H groups in total. The van der Waals surface area contributed by atoms with E-state index in [9.17, 15) is 20.1 Å². The Bertz CT molecular complexity index is 844. The summed E-state index contributed by atoms with van der Waals surface area (Å²) in [5, 5.41) is 31.3. The van der Waals surface area contributed by atoms with Gasteiger partial charge in [0.05, 0.1) is 15.8 Å². The van der Waals surface area contributed by atoms with Gasteiger partial charge in [-0.25, -0.2) is 4.98 Å². The molecule has 0 aliphatic heterocycles. The molecule has 1 aromatic heterocycles. The lowest BCUT2D eigenvalue weighted by Crippen LogP contribution is -2.11. The first-order valence-corrected chi connectivity index (χ1v) is 6.77. The largest absolute Gasteiger partial charge is 0.508 e. The highest BCUT2D eigenvalue weighted by molar-refractivity contribution is 7.22. The van der Waals surface area contributed by atoms with Crippen LogP contribution in [-0.4, -0.2) is 26.2 Å². The van der Waals surface area contributed by atoms with Crippen LogP contribution in [0.3, 0.4) is 0 Å². The second-order valence-corrected chi connectivity index (χ2v) is 5.36. The molecule has 0 unspecified atom stereocenters. The van der Waals surface area contributed by atoms with E-state index in [1.165, 1.54) is 35.6 Å². The normalized spacial score (nSPS) is 10.7. The molecule has 0 fully saturated rings. The van der Waals surface area contributed by atoms with Crippen LogP contribution in [0, 0.1) is 0 Å². The number of phenolic OH excluding ortho intramolecular Hbond substituents is 3. The number of thiazole rings is 1. The van der Waals surface area contributed by atoms with Crippen LogP contribution < -0.4 is 5.32 Å². The Labute approximate surface area is 122 Å². The van der Waals surface area contributed by atoms with Crippen molar-refractivity contribution >= 4 is 32.6 Å². The van der Waals surface area contributed by atoms with E-state index in [0.717, 1.165) is 4.70 Å². The lowest BCUT2D eigenvalue weighted by molar-refractivity contribution is 0.102. The van der Waals surface area contributed by atoms with Gasteiger partial charge in [0.15, 0.2) is 5.13 Å². The van der Waals surface area contributed by atoms with Gasteiger partial charge in [-0.1, -0.05) is 11.3 Å². The zero-order valence-electron chi connectivity index (χ0n) is 10.6. The van der Waals surface area contributed by atoms with Crippen molar-refractivity contribution in [1.82, 2.24) is 4.98 Å². The minimum Gasteiger partial charge on any atom is -0.508 e. The molecule has 0 bridgehead atoms. The summed E-state index contributed by atoms with van der Waals surface area (Å²) >= 11 is 1.20. The molecule has 0 saturated heterocycles. The van der Waals surface area contributed by atoms with Gasteiger partial charge in [-0.3, -0.25) is 10.1 Å². The van der Waals surface area contributed by atoms with E-state index in [1.807, 2.05) is 0 Å². The first-order valence-electron chi connectivity index (χ1n) is 5.96. The van der Waals surface area contributed by atoms with Crippen molar-refractivity contribution in [2.24, 2.45) is 0 Å². The zero-order chi connectivity index (χ0) is 15.0. The summed E-state index contributed by atoms with van der Waals surface area (Å²) in [5.41, 5.74) is 0.602. The van der Waals surface area contributed by atoms with Crippen molar-refractivity contribution in [2.75, 3.05) is 5.32 Å². The third kappa shape index (κ3) is 2.59. The maximum atomic E-state index is 12.1. The Kier molecular flexibility index (Phi) is 3.11. The molecule has 0 aliphatic carbocycles. The van der Waals surface area contributed by atoms with Gasteiger partial charge < -0.3 is 15.3 Å². The van der Waals surface area contributed by atoms with E-state index < -0.39 is 5.91 Å². The fraction of sp³-hybridized carbons (Fsp3) is 0. The maximum absolute atomic E-state index is 12.1. The predicted molar refractivity (Wildman–Crippen MR) is 79.0 cm³/mol. The van der Waals surface area contributed by atoms with E-state index in [4.69, 9.17) is 0 Å². The summed E-state index contributed by atoms with van der Waals surface area (Å²) in [7, 11) is 0. The van der Waals surface area contributed by atoms with E-state index in [1.54, 1.807) is 12.1 Å². The summed E-state index contributed by atoms with van der Waals surface area (Å²) in [6.07, 6.45) is 0. The number of phenols is 3. The number of hydrogen-bond donors (Lipinski definition) is 4. The van der Waals surface area contributed by atoms with Crippen LogP contribution in [0.5, 0.6) is 17.2 Å². The van der Waals surface area contributed by atoms with Gasteiger partial charge >= 0.3 is 0 Å². The highest BCUT2D eigenvalue weighted by atomic mass is 32.1. The molecule has 2 aromatic carbocycles. The van der Waals surface area contributed by atoms with Crippen molar-refractivity contribution in [1.29, 1.82) is 0 Å². The minimum absolute atomic E-state index is 0.0443. The number of hydrogen-bond acceptors (Lipinski definition) is 6. The lowest BCUT2D eigenvalue weighted by atomic mass is 10.2. The summed E-state index contributed by atoms with van der Waals surface area (Å²) in [5.74, 6) is -0.808. The number of rotatable bonds is 2. The second-order valence-electron chi connectivity index (χ2n) is 4.33. The topological polar surface area (TPSA) is 103 Å². The SMILES string of the molecule is O=C(Nc1nc2ccc(O)cc2s1)c1cc(O)ccc1O. The minimum atomic E-state index is -0.577. The average molecular weight is 302 g/mol. The number of benzene rings is 2. The number of carbonyl (C=O) groups is 1. The molecule has 6 nitrogen and oxygen atoms in total. The fourth-order valence-corrected chi connectivity index (χ4v) is 2.73. The van der Waals surface area contributed by atoms with Crippen molar-refractivity contribution in [3.05, 3.63) is 42.0 Å². The molecule has 3 rings (SSSR count). The molecule has 3 aromatic rings. The van der Waals surface area contributed by atoms with Gasteiger partial charge in [-0.2, -0.15) is 0 Å². The fourth-order valence-electron chi connectivity index (χ4n) is 1.84. The molecule has 1 amide bonds. The molecule has 0 radical (unpaired) electrons. The van der Waals surface area contributed by atoms with Crippen LogP contribution in [0.4, 0.5) is 5.13 Å². The van der Waals surface area contributed by atoms with E-state index >= 15 is 0 Å². The second kappa shape index (κ2) is 4.95. The summed E-state index contributed by atoms with van der Waals surface area (Å²) in [6, 6.07) is 8.39. The molecule has 1 heterocycles. The number of nitrogens with one attached hydrogen (secondary N) is 1. The van der Waals surface area contributed by atoms with E-state index in [2.05, 4.69) is 10.3 Å². The third-order valence-corrected chi connectivity index (χ3v) is 3.75. The van der Waals surface area contributed by atoms with Gasteiger partial charge in [0.1, 0.15) is 17.2 Å². The van der Waals surface area contributed by atoms with Gasteiger partial charge in [-0.05, 0) is 36.4 Å². The van der Waals surface area contributed by atoms with Crippen molar-refractivity contribution in [3.8, 4) is 17.2 Å². The third-order valence-electron chi connectivity index (χ3n) is 2.82. The van der Waals surface area contributed by atoms with Crippen LogP contribution >= 0.6 is 11.3 Å². The Balaban J connectivity index is 1.90. The van der Waals surface area contributed by atoms with Crippen LogP contribution in [0.2, 0.25) is 0 Å². The molecule has 0 atom stereocenters. The highest BCUT2D eigenvalue weighted by Crippen LogP contribution is 2.30. The predicted octanol–water partition coefficient (Wildman–Crippen LogP) is 2.67. The Morgan fingerprint density at radius 1 is 1.05 bits per heavy atom. The molecular formula is C14H10N2O4S. The van der Waals surface area contributed by atoms with Crippen molar-refractivity contribution in [2.45, 2.75) is 0 Å². The monoisotopic (exact) mass is 302 g/mol. The lowest BCUT2D eigenvalue weighted by Gasteiger charge is -2.04. The molecule has 0 spiro atoms. The van der Waals surface area contributed by atoms with Gasteiger partial charge in [-0.15, -0.1) is 0 Å². The smallest absolute Gasteiger partial charge is 0.261 e. The Morgan fingerprint density at radius 2 is 1.76 bits per heavy atom. The number of aromatic hydroxyl groups is 3. The molecule has 21 heavy (non-hydrogen) atoms. The van der Waals surface area contributed by atoms with E-state index in [-0.39, 0.29) is 22.8 Å². The van der Waals surface area contributed by atoms with Crippen molar-refractivity contribution in [3.63, 3.8) is 0 Å². The van der Waals surface area contributed by atoms with Crippen LogP contribution in [0.1, 0.15) is 10.4 Å². The number of amides is 1. The van der Waals surface area contributed by atoms with Crippen LogP contribution in [0.15, 0.2) is 36.4 Å². The first kappa shape index (κ1) is 13.2. The molecular weight excluding hydrogens is 292 g/mol. The molecule has 0 aliphatic rings. The number of carbonyl (C=O) groups excluding carboxylic acids is 1. The standard InChI is InChI=1S/C14H10N2O4S/c17-7-2-4-11(19)9(5-7)13(20)16-14-15-10-3-1-8(18)6-12(10)21-14/h1-6,17-19H,(H,15,16,20). The number of anilines is 1. The van der Waals surface area contributed by atoms with E-state index in [0.29, 0.717) is 10.6 Å². The van der Waals surface area contributed by atoms with Crippen LogP contribution in [0.25, 0.3) is 10.2 Å². The van der Waals surface area contributed by atoms with Crippen molar-refractivity contribution < 1.29 is 20.1 Å².